The quantitative estimate of drug-likeness (QED) is 0.861. The van der Waals surface area contributed by atoms with Gasteiger partial charge in [0.05, 0.1) is 24.4 Å². The molecule has 5 nitrogen and oxygen atoms in total. The Kier molecular flexibility index (Phi) is 4.17. The van der Waals surface area contributed by atoms with Crippen LogP contribution in [-0.4, -0.2) is 42.5 Å². The zero-order chi connectivity index (χ0) is 17.3. The molecule has 0 saturated carbocycles. The lowest BCUT2D eigenvalue weighted by atomic mass is 9.85. The summed E-state index contributed by atoms with van der Waals surface area (Å²) >= 11 is 0. The molecule has 1 spiro atoms. The normalized spacial score (nSPS) is 23.6. The molecule has 0 N–H and O–H groups in total. The molecule has 1 aromatic heterocycles. The maximum absolute atomic E-state index is 13.1. The van der Waals surface area contributed by atoms with Gasteiger partial charge in [0.1, 0.15) is 5.75 Å². The number of anilines is 1. The Bertz CT molecular complexity index is 747. The Balaban J connectivity index is 1.43. The number of rotatable bonds is 4. The largest absolute Gasteiger partial charge is 0.497 e. The van der Waals surface area contributed by atoms with Crippen molar-refractivity contribution in [1.29, 1.82) is 0 Å². The highest BCUT2D eigenvalue weighted by Gasteiger charge is 2.50. The Morgan fingerprint density at radius 3 is 2.68 bits per heavy atom. The number of ether oxygens (including phenoxy) is 1. The van der Waals surface area contributed by atoms with Crippen molar-refractivity contribution in [3.05, 3.63) is 54.4 Å². The number of pyridine rings is 1. The summed E-state index contributed by atoms with van der Waals surface area (Å²) in [5.41, 5.74) is 1.95. The minimum atomic E-state index is -0.220. The molecule has 0 bridgehead atoms. The number of amides is 1. The second-order valence-corrected chi connectivity index (χ2v) is 7.01. The van der Waals surface area contributed by atoms with Crippen LogP contribution in [-0.2, 0) is 11.3 Å². The average molecular weight is 337 g/mol. The van der Waals surface area contributed by atoms with Crippen LogP contribution >= 0.6 is 0 Å². The first kappa shape index (κ1) is 16.1. The van der Waals surface area contributed by atoms with E-state index in [1.807, 2.05) is 29.2 Å². The lowest BCUT2D eigenvalue weighted by molar-refractivity contribution is -0.125. The molecule has 3 heterocycles. The molecule has 4 rings (SSSR count). The number of carbonyl (C=O) groups excluding carboxylic acids is 1. The highest BCUT2D eigenvalue weighted by molar-refractivity contribution is 6.00. The standard InChI is InChI=1S/C20H23N3O2/c1-25-18-6-4-16(5-7-18)14-22-11-8-20(15-22)9-12-23(19(20)24)17-3-2-10-21-13-17/h2-7,10,13H,8-9,11-12,14-15H2,1H3/t20-/m1/s1. The van der Waals surface area contributed by atoms with Crippen LogP contribution in [0, 0.1) is 5.41 Å². The highest BCUT2D eigenvalue weighted by Crippen LogP contribution is 2.42. The van der Waals surface area contributed by atoms with Crippen LogP contribution in [0.1, 0.15) is 18.4 Å². The molecule has 0 radical (unpaired) electrons. The third-order valence-corrected chi connectivity index (χ3v) is 5.47. The summed E-state index contributed by atoms with van der Waals surface area (Å²) < 4.78 is 5.21. The zero-order valence-electron chi connectivity index (χ0n) is 14.5. The Morgan fingerprint density at radius 1 is 1.16 bits per heavy atom. The number of methoxy groups -OCH3 is 1. The van der Waals surface area contributed by atoms with Crippen molar-refractivity contribution in [2.75, 3.05) is 31.6 Å². The van der Waals surface area contributed by atoms with Gasteiger partial charge in [0, 0.05) is 25.8 Å². The predicted octanol–water partition coefficient (Wildman–Crippen LogP) is 2.72. The number of carbonyl (C=O) groups is 1. The second kappa shape index (κ2) is 6.48. The van der Waals surface area contributed by atoms with Crippen LogP contribution in [0.5, 0.6) is 5.75 Å². The van der Waals surface area contributed by atoms with E-state index in [1.54, 1.807) is 19.5 Å². The maximum atomic E-state index is 13.1. The van der Waals surface area contributed by atoms with Crippen molar-refractivity contribution in [2.45, 2.75) is 19.4 Å². The van der Waals surface area contributed by atoms with Gasteiger partial charge in [-0.05, 0) is 49.2 Å². The van der Waals surface area contributed by atoms with Gasteiger partial charge in [0.15, 0.2) is 0 Å². The van der Waals surface area contributed by atoms with Gasteiger partial charge in [-0.1, -0.05) is 12.1 Å². The van der Waals surface area contributed by atoms with Gasteiger partial charge in [-0.25, -0.2) is 0 Å². The summed E-state index contributed by atoms with van der Waals surface area (Å²) in [6, 6.07) is 12.0. The third-order valence-electron chi connectivity index (χ3n) is 5.47. The van der Waals surface area contributed by atoms with Crippen LogP contribution in [0.15, 0.2) is 48.8 Å². The van der Waals surface area contributed by atoms with Gasteiger partial charge in [-0.3, -0.25) is 14.7 Å². The summed E-state index contributed by atoms with van der Waals surface area (Å²) in [6.45, 7) is 3.49. The number of benzene rings is 1. The molecule has 1 atom stereocenters. The molecule has 1 aromatic carbocycles. The monoisotopic (exact) mass is 337 g/mol. The Hall–Kier alpha value is -2.40. The minimum absolute atomic E-state index is 0.220. The third kappa shape index (κ3) is 3.00. The van der Waals surface area contributed by atoms with Crippen LogP contribution in [0.3, 0.4) is 0 Å². The fourth-order valence-corrected chi connectivity index (χ4v) is 4.04. The van der Waals surface area contributed by atoms with E-state index < -0.39 is 0 Å². The van der Waals surface area contributed by atoms with Gasteiger partial charge in [0.25, 0.3) is 0 Å². The molecular weight excluding hydrogens is 314 g/mol. The van der Waals surface area contributed by atoms with Crippen molar-refractivity contribution in [3.8, 4) is 5.75 Å². The van der Waals surface area contributed by atoms with Gasteiger partial charge >= 0.3 is 0 Å². The summed E-state index contributed by atoms with van der Waals surface area (Å²) in [5.74, 6) is 1.14. The molecule has 2 aromatic rings. The van der Waals surface area contributed by atoms with E-state index in [0.29, 0.717) is 0 Å². The fraction of sp³-hybridized carbons (Fsp3) is 0.400. The fourth-order valence-electron chi connectivity index (χ4n) is 4.04. The molecule has 2 fully saturated rings. The van der Waals surface area contributed by atoms with Crippen LogP contribution < -0.4 is 9.64 Å². The smallest absolute Gasteiger partial charge is 0.234 e. The molecule has 25 heavy (non-hydrogen) atoms. The zero-order valence-corrected chi connectivity index (χ0v) is 14.5. The first-order valence-electron chi connectivity index (χ1n) is 8.77. The van der Waals surface area contributed by atoms with E-state index in [4.69, 9.17) is 4.74 Å². The molecule has 2 saturated heterocycles. The first-order valence-corrected chi connectivity index (χ1v) is 8.77. The van der Waals surface area contributed by atoms with Crippen molar-refractivity contribution >= 4 is 11.6 Å². The van der Waals surface area contributed by atoms with E-state index in [0.717, 1.165) is 50.5 Å². The number of hydrogen-bond donors (Lipinski definition) is 0. The molecule has 1 amide bonds. The lowest BCUT2D eigenvalue weighted by Crippen LogP contribution is -2.36. The van der Waals surface area contributed by atoms with Crippen molar-refractivity contribution in [1.82, 2.24) is 9.88 Å². The van der Waals surface area contributed by atoms with Crippen molar-refractivity contribution in [3.63, 3.8) is 0 Å². The van der Waals surface area contributed by atoms with Crippen LogP contribution in [0.4, 0.5) is 5.69 Å². The molecule has 0 unspecified atom stereocenters. The Morgan fingerprint density at radius 2 is 1.96 bits per heavy atom. The molecular formula is C20H23N3O2. The minimum Gasteiger partial charge on any atom is -0.497 e. The van der Waals surface area contributed by atoms with E-state index in [9.17, 15) is 4.79 Å². The number of likely N-dealkylation sites (tertiary alicyclic amines) is 1. The summed E-state index contributed by atoms with van der Waals surface area (Å²) in [5, 5.41) is 0. The number of nitrogens with zero attached hydrogens (tertiary/aromatic N) is 3. The molecule has 2 aliphatic heterocycles. The van der Waals surface area contributed by atoms with Gasteiger partial charge in [-0.2, -0.15) is 0 Å². The summed E-state index contributed by atoms with van der Waals surface area (Å²) in [6.07, 6.45) is 5.39. The predicted molar refractivity (Wildman–Crippen MR) is 96.5 cm³/mol. The topological polar surface area (TPSA) is 45.7 Å². The van der Waals surface area contributed by atoms with E-state index in [2.05, 4.69) is 22.0 Å². The van der Waals surface area contributed by atoms with Crippen molar-refractivity contribution < 1.29 is 9.53 Å². The summed E-state index contributed by atoms with van der Waals surface area (Å²) in [7, 11) is 1.68. The molecule has 0 aliphatic carbocycles. The molecule has 2 aliphatic rings. The lowest BCUT2D eigenvalue weighted by Gasteiger charge is -2.23. The summed E-state index contributed by atoms with van der Waals surface area (Å²) in [4.78, 5) is 21.5. The van der Waals surface area contributed by atoms with Crippen LogP contribution in [0.2, 0.25) is 0 Å². The maximum Gasteiger partial charge on any atom is 0.234 e. The van der Waals surface area contributed by atoms with Gasteiger partial charge in [0.2, 0.25) is 5.91 Å². The van der Waals surface area contributed by atoms with E-state index in [1.165, 1.54) is 5.56 Å². The van der Waals surface area contributed by atoms with Gasteiger partial charge < -0.3 is 9.64 Å². The highest BCUT2D eigenvalue weighted by atomic mass is 16.5. The number of aromatic nitrogens is 1. The second-order valence-electron chi connectivity index (χ2n) is 7.01. The number of hydrogen-bond acceptors (Lipinski definition) is 4. The molecule has 5 heteroatoms. The average Bonchev–Trinajstić information content (AvgIpc) is 3.21. The van der Waals surface area contributed by atoms with E-state index in [-0.39, 0.29) is 11.3 Å². The first-order chi connectivity index (χ1) is 12.2. The molecule has 130 valence electrons. The van der Waals surface area contributed by atoms with Crippen LogP contribution in [0.25, 0.3) is 0 Å². The SMILES string of the molecule is COc1ccc(CN2CC[C@@]3(CCN(c4cccnc4)C3=O)C2)cc1. The van der Waals surface area contributed by atoms with Gasteiger partial charge in [-0.15, -0.1) is 0 Å². The Labute approximate surface area is 148 Å². The van der Waals surface area contributed by atoms with E-state index >= 15 is 0 Å². The van der Waals surface area contributed by atoms with Crippen molar-refractivity contribution in [2.24, 2.45) is 5.41 Å².